The Morgan fingerprint density at radius 1 is 1.69 bits per heavy atom. The molecule has 0 unspecified atom stereocenters. The summed E-state index contributed by atoms with van der Waals surface area (Å²) in [7, 11) is 0. The van der Waals surface area contributed by atoms with Gasteiger partial charge in [-0.1, -0.05) is 27.5 Å². The predicted octanol–water partition coefficient (Wildman–Crippen LogP) is 2.90. The van der Waals surface area contributed by atoms with Gasteiger partial charge in [-0.2, -0.15) is 0 Å². The van der Waals surface area contributed by atoms with Crippen molar-refractivity contribution in [3.05, 3.63) is 31.2 Å². The molecule has 70 valence electrons. The Labute approximate surface area is 88.0 Å². The van der Waals surface area contributed by atoms with Crippen molar-refractivity contribution in [2.75, 3.05) is 5.73 Å². The zero-order valence-electron chi connectivity index (χ0n) is 6.67. The third-order valence-corrected chi connectivity index (χ3v) is 2.97. The summed E-state index contributed by atoms with van der Waals surface area (Å²) in [6.07, 6.45) is 0. The van der Waals surface area contributed by atoms with Crippen molar-refractivity contribution in [3.8, 4) is 0 Å². The first kappa shape index (κ1) is 10.3. The topological polar surface area (TPSA) is 69.2 Å². The van der Waals surface area contributed by atoms with Gasteiger partial charge in [-0.15, -0.1) is 0 Å². The first-order chi connectivity index (χ1) is 5.95. The van der Waals surface area contributed by atoms with Crippen LogP contribution in [0, 0.1) is 17.0 Å². The van der Waals surface area contributed by atoms with Crippen LogP contribution in [0.3, 0.4) is 0 Å². The van der Waals surface area contributed by atoms with Crippen LogP contribution in [0.1, 0.15) is 5.56 Å². The summed E-state index contributed by atoms with van der Waals surface area (Å²) < 4.78 is 0.582. The van der Waals surface area contributed by atoms with Crippen molar-refractivity contribution in [2.24, 2.45) is 0 Å². The molecule has 0 aliphatic rings. The van der Waals surface area contributed by atoms with E-state index in [1.54, 1.807) is 6.92 Å². The molecule has 6 heteroatoms. The average molecular weight is 265 g/mol. The van der Waals surface area contributed by atoms with E-state index in [1.165, 1.54) is 6.07 Å². The van der Waals surface area contributed by atoms with Crippen LogP contribution >= 0.6 is 27.5 Å². The first-order valence-corrected chi connectivity index (χ1v) is 4.50. The molecule has 0 atom stereocenters. The summed E-state index contributed by atoms with van der Waals surface area (Å²) in [5.41, 5.74) is 5.99. The van der Waals surface area contributed by atoms with Gasteiger partial charge in [0, 0.05) is 10.5 Å². The Balaban J connectivity index is 3.50. The number of hydrogen-bond donors (Lipinski definition) is 1. The van der Waals surface area contributed by atoms with E-state index in [-0.39, 0.29) is 16.4 Å². The van der Waals surface area contributed by atoms with Gasteiger partial charge in [0.1, 0.15) is 5.69 Å². The maximum Gasteiger partial charge on any atom is 0.294 e. The minimum atomic E-state index is -0.564. The maximum absolute atomic E-state index is 10.5. The van der Waals surface area contributed by atoms with Gasteiger partial charge in [0.25, 0.3) is 5.69 Å². The van der Waals surface area contributed by atoms with Crippen LogP contribution in [0.15, 0.2) is 10.5 Å². The van der Waals surface area contributed by atoms with Crippen molar-refractivity contribution in [2.45, 2.75) is 6.92 Å². The number of nitrogens with zero attached hydrogens (tertiary/aromatic N) is 1. The summed E-state index contributed by atoms with van der Waals surface area (Å²) in [6.45, 7) is 1.73. The quantitative estimate of drug-likeness (QED) is 0.482. The smallest absolute Gasteiger partial charge is 0.294 e. The van der Waals surface area contributed by atoms with Crippen molar-refractivity contribution in [3.63, 3.8) is 0 Å². The SMILES string of the molecule is Cc1c(Br)cc([N+](=O)[O-])c(N)c1Cl. The Bertz CT molecular complexity index is 381. The lowest BCUT2D eigenvalue weighted by atomic mass is 10.2. The van der Waals surface area contributed by atoms with Gasteiger partial charge < -0.3 is 5.73 Å². The van der Waals surface area contributed by atoms with E-state index in [1.807, 2.05) is 0 Å². The fraction of sp³-hybridized carbons (Fsp3) is 0.143. The number of benzene rings is 1. The molecule has 0 radical (unpaired) electrons. The van der Waals surface area contributed by atoms with Crippen LogP contribution in [0.2, 0.25) is 5.02 Å². The molecule has 0 aliphatic carbocycles. The van der Waals surface area contributed by atoms with Crippen molar-refractivity contribution < 1.29 is 4.92 Å². The van der Waals surface area contributed by atoms with Crippen LogP contribution in [0.25, 0.3) is 0 Å². The van der Waals surface area contributed by atoms with Gasteiger partial charge in [-0.25, -0.2) is 0 Å². The van der Waals surface area contributed by atoms with E-state index >= 15 is 0 Å². The van der Waals surface area contributed by atoms with E-state index in [9.17, 15) is 10.1 Å². The highest BCUT2D eigenvalue weighted by atomic mass is 79.9. The average Bonchev–Trinajstić information content (AvgIpc) is 2.07. The predicted molar refractivity (Wildman–Crippen MR) is 55.0 cm³/mol. The molecule has 0 spiro atoms. The molecule has 4 nitrogen and oxygen atoms in total. The monoisotopic (exact) mass is 264 g/mol. The second-order valence-electron chi connectivity index (χ2n) is 2.49. The summed E-state index contributed by atoms with van der Waals surface area (Å²) in [6, 6.07) is 1.34. The molecular formula is C7H6BrClN2O2. The third-order valence-electron chi connectivity index (χ3n) is 1.66. The second kappa shape index (κ2) is 3.51. The Hall–Kier alpha value is -0.810. The number of nitro groups is 1. The molecule has 0 aliphatic heterocycles. The van der Waals surface area contributed by atoms with Crippen LogP contribution in [0.5, 0.6) is 0 Å². The van der Waals surface area contributed by atoms with Gasteiger partial charge in [-0.3, -0.25) is 10.1 Å². The number of nitro benzene ring substituents is 1. The first-order valence-electron chi connectivity index (χ1n) is 3.33. The fourth-order valence-corrected chi connectivity index (χ4v) is 1.60. The molecule has 1 aromatic carbocycles. The van der Waals surface area contributed by atoms with Crippen LogP contribution < -0.4 is 5.73 Å². The zero-order valence-corrected chi connectivity index (χ0v) is 9.02. The van der Waals surface area contributed by atoms with E-state index in [2.05, 4.69) is 15.9 Å². The Morgan fingerprint density at radius 3 is 2.69 bits per heavy atom. The summed E-state index contributed by atoms with van der Waals surface area (Å²) in [5.74, 6) is 0. The highest BCUT2D eigenvalue weighted by Crippen LogP contribution is 2.36. The highest BCUT2D eigenvalue weighted by molar-refractivity contribution is 9.10. The van der Waals surface area contributed by atoms with Crippen LogP contribution in [0.4, 0.5) is 11.4 Å². The Kier molecular flexibility index (Phi) is 2.77. The standard InChI is InChI=1S/C7H6BrClN2O2/c1-3-4(8)2-5(11(12)13)7(10)6(3)9/h2H,10H2,1H3. The zero-order chi connectivity index (χ0) is 10.2. The van der Waals surface area contributed by atoms with Gasteiger partial charge in [0.05, 0.1) is 9.95 Å². The van der Waals surface area contributed by atoms with Crippen molar-refractivity contribution in [1.82, 2.24) is 0 Å². The lowest BCUT2D eigenvalue weighted by Gasteiger charge is -2.04. The van der Waals surface area contributed by atoms with Crippen molar-refractivity contribution >= 4 is 38.9 Å². The van der Waals surface area contributed by atoms with Gasteiger partial charge in [-0.05, 0) is 12.5 Å². The number of hydrogen-bond acceptors (Lipinski definition) is 3. The van der Waals surface area contributed by atoms with Crippen LogP contribution in [-0.4, -0.2) is 4.92 Å². The van der Waals surface area contributed by atoms with Crippen LogP contribution in [-0.2, 0) is 0 Å². The molecule has 2 N–H and O–H groups in total. The van der Waals surface area contributed by atoms with E-state index in [4.69, 9.17) is 17.3 Å². The minimum absolute atomic E-state index is 0.00682. The lowest BCUT2D eigenvalue weighted by Crippen LogP contribution is -1.98. The molecule has 0 aromatic heterocycles. The Morgan fingerprint density at radius 2 is 2.23 bits per heavy atom. The van der Waals surface area contributed by atoms with Gasteiger partial charge >= 0.3 is 0 Å². The molecule has 0 amide bonds. The second-order valence-corrected chi connectivity index (χ2v) is 3.72. The molecule has 1 rings (SSSR count). The third kappa shape index (κ3) is 1.76. The molecule has 0 bridgehead atoms. The number of halogens is 2. The van der Waals surface area contributed by atoms with E-state index in [0.29, 0.717) is 10.0 Å². The van der Waals surface area contributed by atoms with Gasteiger partial charge in [0.2, 0.25) is 0 Å². The molecular weight excluding hydrogens is 259 g/mol. The number of anilines is 1. The highest BCUT2D eigenvalue weighted by Gasteiger charge is 2.18. The molecule has 0 saturated heterocycles. The normalized spacial score (nSPS) is 10.1. The number of nitrogen functional groups attached to an aromatic ring is 1. The fourth-order valence-electron chi connectivity index (χ4n) is 0.876. The molecule has 0 saturated carbocycles. The largest absolute Gasteiger partial charge is 0.392 e. The summed E-state index contributed by atoms with van der Waals surface area (Å²) in [4.78, 5) is 9.92. The van der Waals surface area contributed by atoms with Gasteiger partial charge in [0.15, 0.2) is 0 Å². The molecule has 0 fully saturated rings. The van der Waals surface area contributed by atoms with Crippen molar-refractivity contribution in [1.29, 1.82) is 0 Å². The lowest BCUT2D eigenvalue weighted by molar-refractivity contribution is -0.384. The molecule has 0 heterocycles. The summed E-state index contributed by atoms with van der Waals surface area (Å²) >= 11 is 8.93. The summed E-state index contributed by atoms with van der Waals surface area (Å²) in [5, 5.41) is 10.7. The van der Waals surface area contributed by atoms with E-state index < -0.39 is 4.92 Å². The maximum atomic E-state index is 10.5. The number of nitrogens with two attached hydrogens (primary N) is 1. The van der Waals surface area contributed by atoms with E-state index in [0.717, 1.165) is 0 Å². The molecule has 13 heavy (non-hydrogen) atoms. The minimum Gasteiger partial charge on any atom is -0.392 e. The molecule has 1 aromatic rings. The number of rotatable bonds is 1.